The Morgan fingerprint density at radius 2 is 2.10 bits per heavy atom. The summed E-state index contributed by atoms with van der Waals surface area (Å²) in [6.07, 6.45) is 3.31. The van der Waals surface area contributed by atoms with Crippen LogP contribution in [-0.2, 0) is 4.79 Å². The number of rotatable bonds is 5. The van der Waals surface area contributed by atoms with Crippen LogP contribution in [0.4, 0.5) is 10.1 Å². The van der Waals surface area contributed by atoms with Gasteiger partial charge in [-0.05, 0) is 56.7 Å². The first kappa shape index (κ1) is 15.8. The van der Waals surface area contributed by atoms with Crippen molar-refractivity contribution in [1.29, 1.82) is 0 Å². The van der Waals surface area contributed by atoms with E-state index in [1.54, 1.807) is 6.07 Å². The van der Waals surface area contributed by atoms with Crippen molar-refractivity contribution in [3.8, 4) is 0 Å². The van der Waals surface area contributed by atoms with Crippen molar-refractivity contribution < 1.29 is 14.3 Å². The van der Waals surface area contributed by atoms with Crippen LogP contribution in [0.1, 0.15) is 39.5 Å². The van der Waals surface area contributed by atoms with E-state index in [0.717, 1.165) is 18.5 Å². The number of hydrogen-bond acceptors (Lipinski definition) is 2. The van der Waals surface area contributed by atoms with Crippen LogP contribution in [0.2, 0.25) is 0 Å². The third kappa shape index (κ3) is 3.55. The van der Waals surface area contributed by atoms with E-state index in [4.69, 9.17) is 0 Å². The van der Waals surface area contributed by atoms with Gasteiger partial charge in [0, 0.05) is 18.8 Å². The number of halogens is 1. The molecular formula is C17H24FNO2. The van der Waals surface area contributed by atoms with Gasteiger partial charge in [0.25, 0.3) is 0 Å². The minimum absolute atomic E-state index is 0.285. The van der Waals surface area contributed by atoms with Crippen molar-refractivity contribution in [2.75, 3.05) is 18.0 Å². The van der Waals surface area contributed by atoms with Crippen LogP contribution in [-0.4, -0.2) is 24.2 Å². The second-order valence-electron chi connectivity index (χ2n) is 6.26. The van der Waals surface area contributed by atoms with E-state index in [1.165, 1.54) is 12.1 Å². The zero-order valence-corrected chi connectivity index (χ0v) is 12.8. The molecular weight excluding hydrogens is 269 g/mol. The quantitative estimate of drug-likeness (QED) is 0.894. The van der Waals surface area contributed by atoms with Crippen LogP contribution < -0.4 is 4.90 Å². The number of hydrogen-bond donors (Lipinski definition) is 1. The van der Waals surface area contributed by atoms with Crippen LogP contribution in [0.15, 0.2) is 24.3 Å². The van der Waals surface area contributed by atoms with Crippen LogP contribution in [0.3, 0.4) is 0 Å². The van der Waals surface area contributed by atoms with E-state index in [0.29, 0.717) is 31.8 Å². The molecule has 0 amide bonds. The Hall–Kier alpha value is -1.58. The van der Waals surface area contributed by atoms with Crippen LogP contribution in [0, 0.1) is 17.2 Å². The molecule has 0 saturated heterocycles. The normalized spacial score (nSPS) is 25.6. The molecule has 116 valence electrons. The van der Waals surface area contributed by atoms with Crippen molar-refractivity contribution >= 4 is 11.7 Å². The van der Waals surface area contributed by atoms with Crippen molar-refractivity contribution in [2.24, 2.45) is 11.3 Å². The molecule has 0 aromatic heterocycles. The maximum atomic E-state index is 13.4. The Labute approximate surface area is 125 Å². The first-order chi connectivity index (χ1) is 9.97. The first-order valence-electron chi connectivity index (χ1n) is 7.71. The van der Waals surface area contributed by atoms with Crippen molar-refractivity contribution in [3.63, 3.8) is 0 Å². The lowest BCUT2D eigenvalue weighted by molar-refractivity contribution is -0.150. The smallest absolute Gasteiger partial charge is 0.311 e. The molecule has 0 spiro atoms. The van der Waals surface area contributed by atoms with Gasteiger partial charge in [-0.15, -0.1) is 0 Å². The summed E-state index contributed by atoms with van der Waals surface area (Å²) >= 11 is 0. The van der Waals surface area contributed by atoms with Gasteiger partial charge in [-0.1, -0.05) is 13.0 Å². The third-order valence-electron chi connectivity index (χ3n) is 4.73. The summed E-state index contributed by atoms with van der Waals surface area (Å²) in [7, 11) is 0. The Kier molecular flexibility index (Phi) is 4.86. The number of nitrogens with zero attached hydrogens (tertiary/aromatic N) is 1. The predicted molar refractivity (Wildman–Crippen MR) is 82.0 cm³/mol. The van der Waals surface area contributed by atoms with E-state index >= 15 is 0 Å². The van der Waals surface area contributed by atoms with E-state index in [9.17, 15) is 14.3 Å². The van der Waals surface area contributed by atoms with Gasteiger partial charge in [-0.2, -0.15) is 0 Å². The monoisotopic (exact) mass is 293 g/mol. The number of carboxylic acid groups (broad SMARTS) is 1. The summed E-state index contributed by atoms with van der Waals surface area (Å²) < 4.78 is 13.4. The van der Waals surface area contributed by atoms with Crippen molar-refractivity contribution in [1.82, 2.24) is 0 Å². The maximum Gasteiger partial charge on any atom is 0.311 e. The zero-order chi connectivity index (χ0) is 15.5. The molecule has 0 unspecified atom stereocenters. The molecule has 2 rings (SSSR count). The number of aliphatic carboxylic acids is 1. The third-order valence-corrected chi connectivity index (χ3v) is 4.73. The first-order valence-corrected chi connectivity index (χ1v) is 7.71. The highest BCUT2D eigenvalue weighted by molar-refractivity contribution is 5.76. The molecule has 1 fully saturated rings. The fourth-order valence-electron chi connectivity index (χ4n) is 3.18. The summed E-state index contributed by atoms with van der Waals surface area (Å²) in [6.45, 7) is 5.28. The largest absolute Gasteiger partial charge is 0.481 e. The van der Waals surface area contributed by atoms with E-state index in [1.807, 2.05) is 17.9 Å². The Balaban J connectivity index is 2.20. The van der Waals surface area contributed by atoms with Crippen molar-refractivity contribution in [3.05, 3.63) is 30.1 Å². The topological polar surface area (TPSA) is 40.5 Å². The summed E-state index contributed by atoms with van der Waals surface area (Å²) in [5, 5.41) is 9.72. The van der Waals surface area contributed by atoms with Crippen LogP contribution in [0.25, 0.3) is 0 Å². The van der Waals surface area contributed by atoms with Crippen LogP contribution in [0.5, 0.6) is 0 Å². The SMILES string of the molecule is CCN(CC1(C(=O)O)CCC(C)CC1)c1cccc(F)c1. The molecule has 1 aromatic rings. The van der Waals surface area contributed by atoms with E-state index in [2.05, 4.69) is 6.92 Å². The molecule has 0 aliphatic heterocycles. The Morgan fingerprint density at radius 1 is 1.43 bits per heavy atom. The minimum Gasteiger partial charge on any atom is -0.481 e. The molecule has 3 nitrogen and oxygen atoms in total. The van der Waals surface area contributed by atoms with Gasteiger partial charge in [0.1, 0.15) is 5.82 Å². The summed E-state index contributed by atoms with van der Waals surface area (Å²) in [5.74, 6) is -0.404. The molecule has 4 heteroatoms. The molecule has 1 N–H and O–H groups in total. The molecule has 0 radical (unpaired) electrons. The van der Waals surface area contributed by atoms with E-state index < -0.39 is 11.4 Å². The number of carbonyl (C=O) groups is 1. The summed E-state index contributed by atoms with van der Waals surface area (Å²) in [4.78, 5) is 13.8. The van der Waals surface area contributed by atoms with Gasteiger partial charge in [0.15, 0.2) is 0 Å². The standard InChI is InChI=1S/C17H24FNO2/c1-3-19(15-6-4-5-14(18)11-15)12-17(16(20)21)9-7-13(2)8-10-17/h4-6,11,13H,3,7-10,12H2,1-2H3,(H,20,21). The maximum absolute atomic E-state index is 13.4. The fourth-order valence-corrected chi connectivity index (χ4v) is 3.18. The van der Waals surface area contributed by atoms with Gasteiger partial charge in [-0.25, -0.2) is 4.39 Å². The second kappa shape index (κ2) is 6.46. The number of carboxylic acids is 1. The molecule has 21 heavy (non-hydrogen) atoms. The molecule has 0 heterocycles. The molecule has 0 atom stereocenters. The van der Waals surface area contributed by atoms with Gasteiger partial charge in [-0.3, -0.25) is 4.79 Å². The molecule has 1 aliphatic carbocycles. The summed E-state index contributed by atoms with van der Waals surface area (Å²) in [6, 6.07) is 6.40. The minimum atomic E-state index is -0.718. The Morgan fingerprint density at radius 3 is 2.62 bits per heavy atom. The molecule has 1 aromatic carbocycles. The average Bonchev–Trinajstić information content (AvgIpc) is 2.46. The van der Waals surface area contributed by atoms with Gasteiger partial charge < -0.3 is 10.0 Å². The lowest BCUT2D eigenvalue weighted by Gasteiger charge is -2.40. The average molecular weight is 293 g/mol. The summed E-state index contributed by atoms with van der Waals surface area (Å²) in [5.41, 5.74) is 0.0613. The highest BCUT2D eigenvalue weighted by atomic mass is 19.1. The van der Waals surface area contributed by atoms with Crippen LogP contribution >= 0.6 is 0 Å². The molecule has 1 saturated carbocycles. The van der Waals surface area contributed by atoms with Crippen molar-refractivity contribution in [2.45, 2.75) is 39.5 Å². The molecule has 0 bridgehead atoms. The zero-order valence-electron chi connectivity index (χ0n) is 12.8. The highest BCUT2D eigenvalue weighted by Crippen LogP contribution is 2.40. The van der Waals surface area contributed by atoms with Gasteiger partial charge in [0.05, 0.1) is 5.41 Å². The fraction of sp³-hybridized carbons (Fsp3) is 0.588. The van der Waals surface area contributed by atoms with Gasteiger partial charge >= 0.3 is 5.97 Å². The Bertz CT molecular complexity index is 495. The molecule has 1 aliphatic rings. The lowest BCUT2D eigenvalue weighted by Crippen LogP contribution is -2.45. The lowest BCUT2D eigenvalue weighted by atomic mass is 9.70. The predicted octanol–water partition coefficient (Wildman–Crippen LogP) is 3.93. The number of benzene rings is 1. The highest BCUT2D eigenvalue weighted by Gasteiger charge is 2.42. The second-order valence-corrected chi connectivity index (χ2v) is 6.26. The number of anilines is 1. The van der Waals surface area contributed by atoms with E-state index in [-0.39, 0.29) is 5.82 Å². The van der Waals surface area contributed by atoms with Gasteiger partial charge in [0.2, 0.25) is 0 Å².